The van der Waals surface area contributed by atoms with E-state index in [-0.39, 0.29) is 5.91 Å². The summed E-state index contributed by atoms with van der Waals surface area (Å²) in [6, 6.07) is 18.6. The second kappa shape index (κ2) is 8.88. The minimum Gasteiger partial charge on any atom is -0.338 e. The summed E-state index contributed by atoms with van der Waals surface area (Å²) in [5, 5.41) is 0.743. The molecule has 6 heteroatoms. The highest BCUT2D eigenvalue weighted by atomic mass is 35.5. The van der Waals surface area contributed by atoms with E-state index in [1.807, 2.05) is 41.4 Å². The molecular weight excluding hydrogens is 444 g/mol. The van der Waals surface area contributed by atoms with Gasteiger partial charge < -0.3 is 9.47 Å². The summed E-state index contributed by atoms with van der Waals surface area (Å²) in [7, 11) is 0. The molecule has 0 spiro atoms. The van der Waals surface area contributed by atoms with Crippen molar-refractivity contribution in [3.63, 3.8) is 0 Å². The Morgan fingerprint density at radius 1 is 1.06 bits per heavy atom. The number of nitrogens with zero attached hydrogens (tertiary/aromatic N) is 4. The third kappa shape index (κ3) is 3.98. The highest BCUT2D eigenvalue weighted by Crippen LogP contribution is 2.36. The van der Waals surface area contributed by atoms with E-state index in [0.717, 1.165) is 53.4 Å². The lowest BCUT2D eigenvalue weighted by Gasteiger charge is -2.29. The molecule has 1 atom stereocenters. The van der Waals surface area contributed by atoms with Crippen molar-refractivity contribution >= 4 is 28.5 Å². The average Bonchev–Trinajstić information content (AvgIpc) is 3.45. The standard InChI is InChI=1S/C28H27ClN4O/c29-23-9-6-19(7-10-23)15-27-31-25-16-20(8-11-26(25)33(27)24-4-1-5-24)28(34)32-14-12-22(18-32)21-3-2-13-30-17-21/h2-3,6-11,13,16-17,22,24H,1,4-5,12,14-15,18H2. The van der Waals surface area contributed by atoms with E-state index in [2.05, 4.69) is 33.8 Å². The molecule has 0 bridgehead atoms. The SMILES string of the molecule is O=C(c1ccc2c(c1)nc(Cc1ccc(Cl)cc1)n2C1CCC1)N1CCC(c2cccnc2)C1. The fraction of sp³-hybridized carbons (Fsp3) is 0.321. The van der Waals surface area contributed by atoms with Gasteiger partial charge in [0.15, 0.2) is 0 Å². The minimum atomic E-state index is 0.0886. The predicted octanol–water partition coefficient (Wildman–Crippen LogP) is 6.03. The zero-order valence-electron chi connectivity index (χ0n) is 19.0. The van der Waals surface area contributed by atoms with Gasteiger partial charge in [-0.2, -0.15) is 0 Å². The molecule has 0 radical (unpaired) electrons. The maximum absolute atomic E-state index is 13.3. The van der Waals surface area contributed by atoms with Crippen molar-refractivity contribution in [3.05, 3.63) is 94.5 Å². The lowest BCUT2D eigenvalue weighted by molar-refractivity contribution is 0.0791. The summed E-state index contributed by atoms with van der Waals surface area (Å²) in [5.41, 5.74) is 5.15. The molecule has 34 heavy (non-hydrogen) atoms. The molecule has 0 N–H and O–H groups in total. The number of likely N-dealkylation sites (tertiary alicyclic amines) is 1. The monoisotopic (exact) mass is 470 g/mol. The van der Waals surface area contributed by atoms with Gasteiger partial charge in [-0.15, -0.1) is 0 Å². The molecule has 5 nitrogen and oxygen atoms in total. The number of rotatable bonds is 5. The Balaban J connectivity index is 1.28. The topological polar surface area (TPSA) is 51.0 Å². The Hall–Kier alpha value is -3.18. The van der Waals surface area contributed by atoms with Crippen molar-refractivity contribution in [2.45, 2.75) is 44.1 Å². The molecule has 1 saturated carbocycles. The number of amides is 1. The molecule has 3 heterocycles. The number of hydrogen-bond donors (Lipinski definition) is 0. The number of benzene rings is 2. The van der Waals surface area contributed by atoms with Gasteiger partial charge in [0.1, 0.15) is 5.82 Å². The molecule has 2 fully saturated rings. The van der Waals surface area contributed by atoms with Crippen LogP contribution in [0.4, 0.5) is 0 Å². The number of hydrogen-bond acceptors (Lipinski definition) is 3. The predicted molar refractivity (Wildman–Crippen MR) is 134 cm³/mol. The van der Waals surface area contributed by atoms with Crippen molar-refractivity contribution in [2.24, 2.45) is 0 Å². The first-order chi connectivity index (χ1) is 16.7. The highest BCUT2D eigenvalue weighted by molar-refractivity contribution is 6.30. The van der Waals surface area contributed by atoms with Crippen molar-refractivity contribution in [1.29, 1.82) is 0 Å². The third-order valence-corrected chi connectivity index (χ3v) is 7.61. The lowest BCUT2D eigenvalue weighted by atomic mass is 9.92. The number of aromatic nitrogens is 3. The van der Waals surface area contributed by atoms with Crippen molar-refractivity contribution in [1.82, 2.24) is 19.4 Å². The molecule has 172 valence electrons. The number of carbonyl (C=O) groups is 1. The van der Waals surface area contributed by atoms with Crippen LogP contribution >= 0.6 is 11.6 Å². The number of pyridine rings is 1. The van der Waals surface area contributed by atoms with Crippen molar-refractivity contribution in [2.75, 3.05) is 13.1 Å². The Bertz CT molecular complexity index is 1330. The van der Waals surface area contributed by atoms with Gasteiger partial charge in [0.2, 0.25) is 0 Å². The van der Waals surface area contributed by atoms with Crippen LogP contribution in [-0.4, -0.2) is 38.4 Å². The molecule has 2 aromatic carbocycles. The molecular formula is C28H27ClN4O. The highest BCUT2D eigenvalue weighted by Gasteiger charge is 2.29. The summed E-state index contributed by atoms with van der Waals surface area (Å²) in [6.07, 6.45) is 9.06. The fourth-order valence-corrected chi connectivity index (χ4v) is 5.39. The van der Waals surface area contributed by atoms with E-state index < -0.39 is 0 Å². The number of imidazole rings is 1. The first-order valence-electron chi connectivity index (χ1n) is 12.1. The third-order valence-electron chi connectivity index (χ3n) is 7.36. The van der Waals surface area contributed by atoms with Gasteiger partial charge in [0.25, 0.3) is 5.91 Å². The van der Waals surface area contributed by atoms with Crippen LogP contribution in [0.5, 0.6) is 0 Å². The van der Waals surface area contributed by atoms with Crippen LogP contribution in [-0.2, 0) is 6.42 Å². The van der Waals surface area contributed by atoms with E-state index >= 15 is 0 Å². The summed E-state index contributed by atoms with van der Waals surface area (Å²) < 4.78 is 2.40. The summed E-state index contributed by atoms with van der Waals surface area (Å²) >= 11 is 6.08. The molecule has 2 aliphatic rings. The number of halogens is 1. The molecule has 1 aliphatic heterocycles. The fourth-order valence-electron chi connectivity index (χ4n) is 5.26. The smallest absolute Gasteiger partial charge is 0.253 e. The zero-order valence-corrected chi connectivity index (χ0v) is 19.8. The van der Waals surface area contributed by atoms with E-state index in [4.69, 9.17) is 16.6 Å². The first kappa shape index (κ1) is 21.4. The molecule has 1 saturated heterocycles. The molecule has 2 aromatic heterocycles. The van der Waals surface area contributed by atoms with Crippen molar-refractivity contribution < 1.29 is 4.79 Å². The molecule has 1 unspecified atom stereocenters. The average molecular weight is 471 g/mol. The molecule has 1 amide bonds. The maximum atomic E-state index is 13.3. The number of carbonyl (C=O) groups excluding carboxylic acids is 1. The Morgan fingerprint density at radius 2 is 1.91 bits per heavy atom. The Morgan fingerprint density at radius 3 is 2.65 bits per heavy atom. The first-order valence-corrected chi connectivity index (χ1v) is 12.5. The van der Waals surface area contributed by atoms with Gasteiger partial charge in [-0.3, -0.25) is 9.78 Å². The lowest BCUT2D eigenvalue weighted by Crippen LogP contribution is -2.28. The second-order valence-corrected chi connectivity index (χ2v) is 9.95. The van der Waals surface area contributed by atoms with Crippen LogP contribution in [0.25, 0.3) is 11.0 Å². The largest absolute Gasteiger partial charge is 0.338 e. The minimum absolute atomic E-state index is 0.0886. The van der Waals surface area contributed by atoms with Crippen LogP contribution in [0.3, 0.4) is 0 Å². The van der Waals surface area contributed by atoms with E-state index in [9.17, 15) is 4.79 Å². The molecule has 4 aromatic rings. The van der Waals surface area contributed by atoms with Gasteiger partial charge >= 0.3 is 0 Å². The van der Waals surface area contributed by atoms with E-state index in [0.29, 0.717) is 12.0 Å². The summed E-state index contributed by atoms with van der Waals surface area (Å²) in [5.74, 6) is 1.50. The zero-order chi connectivity index (χ0) is 23.1. The normalized spacial score (nSPS) is 18.4. The van der Waals surface area contributed by atoms with Crippen LogP contribution in [0, 0.1) is 0 Å². The Kier molecular flexibility index (Phi) is 5.58. The van der Waals surface area contributed by atoms with E-state index in [1.165, 1.54) is 30.4 Å². The van der Waals surface area contributed by atoms with Gasteiger partial charge in [-0.05, 0) is 73.2 Å². The molecule has 6 rings (SSSR count). The van der Waals surface area contributed by atoms with Crippen molar-refractivity contribution in [3.8, 4) is 0 Å². The van der Waals surface area contributed by atoms with Gasteiger partial charge in [0, 0.05) is 54.4 Å². The summed E-state index contributed by atoms with van der Waals surface area (Å²) in [4.78, 5) is 24.6. The van der Waals surface area contributed by atoms with E-state index in [1.54, 1.807) is 6.20 Å². The van der Waals surface area contributed by atoms with Gasteiger partial charge in [-0.1, -0.05) is 29.8 Å². The maximum Gasteiger partial charge on any atom is 0.253 e. The van der Waals surface area contributed by atoms with Crippen LogP contribution < -0.4 is 0 Å². The Labute approximate surface area is 204 Å². The number of fused-ring (bicyclic) bond motifs is 1. The van der Waals surface area contributed by atoms with Crippen LogP contribution in [0.1, 0.15) is 65.0 Å². The van der Waals surface area contributed by atoms with Crippen LogP contribution in [0.15, 0.2) is 67.0 Å². The second-order valence-electron chi connectivity index (χ2n) is 9.51. The van der Waals surface area contributed by atoms with Gasteiger partial charge in [-0.25, -0.2) is 4.98 Å². The van der Waals surface area contributed by atoms with Gasteiger partial charge in [0.05, 0.1) is 11.0 Å². The quantitative estimate of drug-likeness (QED) is 0.358. The molecule has 1 aliphatic carbocycles. The van der Waals surface area contributed by atoms with Crippen LogP contribution in [0.2, 0.25) is 5.02 Å². The summed E-state index contributed by atoms with van der Waals surface area (Å²) in [6.45, 7) is 1.51.